The number of aromatic nitrogens is 1. The molecule has 3 aliphatic heterocycles. The van der Waals surface area contributed by atoms with Gasteiger partial charge in [-0.1, -0.05) is 0 Å². The first-order chi connectivity index (χ1) is 13.6. The third-order valence-corrected chi connectivity index (χ3v) is 5.73. The van der Waals surface area contributed by atoms with Crippen LogP contribution in [0.4, 0.5) is 5.82 Å². The second kappa shape index (κ2) is 8.45. The van der Waals surface area contributed by atoms with Crippen molar-refractivity contribution in [3.8, 4) is 0 Å². The number of nitrogens with zero attached hydrogens (tertiary/aromatic N) is 3. The number of ether oxygens (including phenoxy) is 2. The van der Waals surface area contributed by atoms with Gasteiger partial charge in [0.15, 0.2) is 0 Å². The molecular weight excluding hydrogens is 360 g/mol. The molecule has 8 nitrogen and oxygen atoms in total. The first-order valence-corrected chi connectivity index (χ1v) is 10.2. The molecule has 0 aliphatic carbocycles. The van der Waals surface area contributed by atoms with Gasteiger partial charge in [-0.3, -0.25) is 9.59 Å². The van der Waals surface area contributed by atoms with Crippen LogP contribution in [0.3, 0.4) is 0 Å². The van der Waals surface area contributed by atoms with Crippen LogP contribution >= 0.6 is 0 Å². The molecule has 152 valence electrons. The van der Waals surface area contributed by atoms with Crippen LogP contribution in [0.15, 0.2) is 6.07 Å². The van der Waals surface area contributed by atoms with E-state index in [-0.39, 0.29) is 30.3 Å². The molecule has 0 saturated carbocycles. The summed E-state index contributed by atoms with van der Waals surface area (Å²) in [5, 5.41) is 0. The smallest absolute Gasteiger partial charge is 0.257 e. The summed E-state index contributed by atoms with van der Waals surface area (Å²) in [5.74, 6) is 0.178. The minimum Gasteiger partial charge on any atom is -0.383 e. The second-order valence-electron chi connectivity index (χ2n) is 7.74. The third-order valence-electron chi connectivity index (χ3n) is 5.73. The van der Waals surface area contributed by atoms with Crippen LogP contribution in [-0.4, -0.2) is 72.2 Å². The van der Waals surface area contributed by atoms with E-state index in [1.54, 1.807) is 4.90 Å². The zero-order valence-electron chi connectivity index (χ0n) is 16.2. The number of hydrogen-bond donors (Lipinski definition) is 1. The molecule has 0 radical (unpaired) electrons. The number of likely N-dealkylation sites (tertiary alicyclic amines) is 1. The SMILES string of the molecule is Nc1nc2c(cc1C(=O)N1CCCC1)CN(C(=O)COCC1CCCO1)CC2. The predicted molar refractivity (Wildman–Crippen MR) is 103 cm³/mol. The first-order valence-electron chi connectivity index (χ1n) is 10.2. The molecule has 8 heteroatoms. The summed E-state index contributed by atoms with van der Waals surface area (Å²) in [4.78, 5) is 33.3. The Bertz CT molecular complexity index is 742. The van der Waals surface area contributed by atoms with Gasteiger partial charge in [0.1, 0.15) is 12.4 Å². The lowest BCUT2D eigenvalue weighted by Gasteiger charge is -2.29. The van der Waals surface area contributed by atoms with Crippen LogP contribution in [0, 0.1) is 0 Å². The average molecular weight is 388 g/mol. The van der Waals surface area contributed by atoms with E-state index in [1.165, 1.54) is 0 Å². The number of fused-ring (bicyclic) bond motifs is 1. The highest BCUT2D eigenvalue weighted by Crippen LogP contribution is 2.24. The molecule has 28 heavy (non-hydrogen) atoms. The minimum atomic E-state index is -0.0614. The molecule has 2 saturated heterocycles. The van der Waals surface area contributed by atoms with Crippen LogP contribution in [0.2, 0.25) is 0 Å². The Labute approximate surface area is 165 Å². The highest BCUT2D eigenvalue weighted by Gasteiger charge is 2.27. The molecule has 4 rings (SSSR count). The van der Waals surface area contributed by atoms with Crippen LogP contribution < -0.4 is 5.73 Å². The Morgan fingerprint density at radius 1 is 1.21 bits per heavy atom. The van der Waals surface area contributed by atoms with Crippen molar-refractivity contribution in [2.24, 2.45) is 0 Å². The van der Waals surface area contributed by atoms with Gasteiger partial charge in [-0.25, -0.2) is 4.98 Å². The van der Waals surface area contributed by atoms with Gasteiger partial charge in [0, 0.05) is 44.9 Å². The molecule has 0 aromatic carbocycles. The molecule has 2 fully saturated rings. The van der Waals surface area contributed by atoms with Gasteiger partial charge < -0.3 is 25.0 Å². The molecule has 2 N–H and O–H groups in total. The Hall–Kier alpha value is -2.19. The van der Waals surface area contributed by atoms with Gasteiger partial charge >= 0.3 is 0 Å². The van der Waals surface area contributed by atoms with Gasteiger partial charge in [-0.2, -0.15) is 0 Å². The van der Waals surface area contributed by atoms with E-state index >= 15 is 0 Å². The normalized spacial score (nSPS) is 21.8. The topological polar surface area (TPSA) is 98.0 Å². The number of pyridine rings is 1. The summed E-state index contributed by atoms with van der Waals surface area (Å²) in [6.45, 7) is 3.84. The Kier molecular flexibility index (Phi) is 5.77. The summed E-state index contributed by atoms with van der Waals surface area (Å²) >= 11 is 0. The Balaban J connectivity index is 1.38. The van der Waals surface area contributed by atoms with Crippen molar-refractivity contribution in [3.63, 3.8) is 0 Å². The molecule has 1 aromatic heterocycles. The van der Waals surface area contributed by atoms with Gasteiger partial charge in [-0.15, -0.1) is 0 Å². The predicted octanol–water partition coefficient (Wildman–Crippen LogP) is 0.980. The highest BCUT2D eigenvalue weighted by atomic mass is 16.5. The lowest BCUT2D eigenvalue weighted by Crippen LogP contribution is -2.39. The van der Waals surface area contributed by atoms with Crippen molar-refractivity contribution in [1.82, 2.24) is 14.8 Å². The summed E-state index contributed by atoms with van der Waals surface area (Å²) in [5.41, 5.74) is 8.28. The zero-order valence-corrected chi connectivity index (χ0v) is 16.2. The average Bonchev–Trinajstić information content (AvgIpc) is 3.40. The van der Waals surface area contributed by atoms with E-state index < -0.39 is 0 Å². The van der Waals surface area contributed by atoms with Crippen molar-refractivity contribution in [1.29, 1.82) is 0 Å². The summed E-state index contributed by atoms with van der Waals surface area (Å²) < 4.78 is 11.1. The van der Waals surface area contributed by atoms with Gasteiger partial charge in [0.25, 0.3) is 5.91 Å². The second-order valence-corrected chi connectivity index (χ2v) is 7.74. The van der Waals surface area contributed by atoms with Crippen molar-refractivity contribution < 1.29 is 19.1 Å². The standard InChI is InChI=1S/C20H28N4O4/c21-19-16(20(26)23-6-1-2-7-23)10-14-11-24(8-5-17(14)22-19)18(25)13-27-12-15-4-3-9-28-15/h10,15H,1-9,11-13H2,(H2,21,22). The number of nitrogen functional groups attached to an aromatic ring is 1. The van der Waals surface area contributed by atoms with E-state index in [2.05, 4.69) is 4.98 Å². The van der Waals surface area contributed by atoms with Crippen LogP contribution in [0.1, 0.15) is 47.3 Å². The van der Waals surface area contributed by atoms with Crippen molar-refractivity contribution in [3.05, 3.63) is 22.9 Å². The lowest BCUT2D eigenvalue weighted by atomic mass is 10.0. The highest BCUT2D eigenvalue weighted by molar-refractivity contribution is 5.98. The number of carbonyl (C=O) groups is 2. The number of rotatable bonds is 5. The molecule has 0 spiro atoms. The number of anilines is 1. The fourth-order valence-corrected chi connectivity index (χ4v) is 4.11. The molecular formula is C20H28N4O4. The maximum atomic E-state index is 12.7. The third kappa shape index (κ3) is 4.12. The van der Waals surface area contributed by atoms with E-state index in [9.17, 15) is 9.59 Å². The monoisotopic (exact) mass is 388 g/mol. The number of hydrogen-bond acceptors (Lipinski definition) is 6. The maximum Gasteiger partial charge on any atom is 0.257 e. The Morgan fingerprint density at radius 2 is 2.04 bits per heavy atom. The van der Waals surface area contributed by atoms with Crippen LogP contribution in [0.25, 0.3) is 0 Å². The largest absolute Gasteiger partial charge is 0.383 e. The minimum absolute atomic E-state index is 0.0482. The molecule has 2 amide bonds. The Morgan fingerprint density at radius 3 is 2.79 bits per heavy atom. The summed E-state index contributed by atoms with van der Waals surface area (Å²) in [6, 6.07) is 1.82. The molecule has 1 atom stereocenters. The summed E-state index contributed by atoms with van der Waals surface area (Å²) in [7, 11) is 0. The molecule has 3 aliphatic rings. The van der Waals surface area contributed by atoms with Gasteiger partial charge in [0.05, 0.1) is 18.3 Å². The number of nitrogens with two attached hydrogens (primary N) is 1. The van der Waals surface area contributed by atoms with Crippen molar-refractivity contribution >= 4 is 17.6 Å². The number of carbonyl (C=O) groups excluding carboxylic acids is 2. The zero-order chi connectivity index (χ0) is 19.5. The van der Waals surface area contributed by atoms with Gasteiger partial charge in [-0.05, 0) is 37.3 Å². The molecule has 1 aromatic rings. The maximum absolute atomic E-state index is 12.7. The van der Waals surface area contributed by atoms with Crippen molar-refractivity contribution in [2.75, 3.05) is 45.2 Å². The first kappa shape index (κ1) is 19.1. The molecule has 1 unspecified atom stereocenters. The molecule has 4 heterocycles. The number of amides is 2. The van der Waals surface area contributed by atoms with E-state index in [0.717, 1.165) is 56.6 Å². The lowest BCUT2D eigenvalue weighted by molar-refractivity contribution is -0.138. The van der Waals surface area contributed by atoms with Crippen LogP contribution in [0.5, 0.6) is 0 Å². The van der Waals surface area contributed by atoms with Crippen LogP contribution in [-0.2, 0) is 27.2 Å². The van der Waals surface area contributed by atoms with Gasteiger partial charge in [0.2, 0.25) is 5.91 Å². The summed E-state index contributed by atoms with van der Waals surface area (Å²) in [6.07, 6.45) is 4.85. The van der Waals surface area contributed by atoms with E-state index in [0.29, 0.717) is 31.7 Å². The van der Waals surface area contributed by atoms with E-state index in [1.807, 2.05) is 11.0 Å². The van der Waals surface area contributed by atoms with E-state index in [4.69, 9.17) is 15.2 Å². The molecule has 0 bridgehead atoms. The van der Waals surface area contributed by atoms with Crippen molar-refractivity contribution in [2.45, 2.75) is 44.8 Å². The quantitative estimate of drug-likeness (QED) is 0.807. The fourth-order valence-electron chi connectivity index (χ4n) is 4.11. The fraction of sp³-hybridized carbons (Fsp3) is 0.650.